The van der Waals surface area contributed by atoms with Crippen LogP contribution >= 0.6 is 0 Å². The lowest BCUT2D eigenvalue weighted by molar-refractivity contribution is 0.0696. The van der Waals surface area contributed by atoms with E-state index in [1.165, 1.54) is 0 Å². The monoisotopic (exact) mass is 413 g/mol. The first kappa shape index (κ1) is 20.3. The second-order valence-corrected chi connectivity index (χ2v) is 7.61. The highest BCUT2D eigenvalue weighted by Gasteiger charge is 2.19. The van der Waals surface area contributed by atoms with Gasteiger partial charge in [0.1, 0.15) is 5.82 Å². The van der Waals surface area contributed by atoms with Gasteiger partial charge < -0.3 is 15.0 Å². The van der Waals surface area contributed by atoms with Crippen LogP contribution in [0.4, 0.5) is 0 Å². The van der Waals surface area contributed by atoms with Crippen LogP contribution in [0.1, 0.15) is 50.6 Å². The molecule has 0 bridgehead atoms. The van der Waals surface area contributed by atoms with E-state index in [1.54, 1.807) is 24.3 Å². The van der Waals surface area contributed by atoms with Crippen molar-refractivity contribution in [3.8, 4) is 0 Å². The number of carbonyl (C=O) groups excluding carboxylic acids is 1. The van der Waals surface area contributed by atoms with Crippen molar-refractivity contribution in [2.24, 2.45) is 0 Å². The third kappa shape index (κ3) is 4.33. The van der Waals surface area contributed by atoms with Gasteiger partial charge in [-0.15, -0.1) is 0 Å². The number of para-hydroxylation sites is 2. The Labute approximate surface area is 180 Å². The summed E-state index contributed by atoms with van der Waals surface area (Å²) >= 11 is 0. The third-order valence-corrected chi connectivity index (χ3v) is 5.27. The average molecular weight is 413 g/mol. The summed E-state index contributed by atoms with van der Waals surface area (Å²) in [6.45, 7) is 4.41. The normalized spacial score (nSPS) is 11.9. The summed E-state index contributed by atoms with van der Waals surface area (Å²) in [5.74, 6) is -0.367. The molecular weight excluding hydrogens is 390 g/mol. The molecule has 0 fully saturated rings. The minimum Gasteiger partial charge on any atom is -0.478 e. The van der Waals surface area contributed by atoms with Crippen LogP contribution in [-0.4, -0.2) is 26.5 Å². The molecule has 156 valence electrons. The highest BCUT2D eigenvalue weighted by Crippen LogP contribution is 2.23. The second kappa shape index (κ2) is 8.44. The van der Waals surface area contributed by atoms with Crippen LogP contribution in [-0.2, 0) is 6.54 Å². The molecule has 2 N–H and O–H groups in total. The van der Waals surface area contributed by atoms with Crippen LogP contribution < -0.4 is 5.32 Å². The number of aromatic nitrogens is 2. The molecule has 6 heteroatoms. The summed E-state index contributed by atoms with van der Waals surface area (Å²) in [4.78, 5) is 28.6. The van der Waals surface area contributed by atoms with Crippen molar-refractivity contribution < 1.29 is 14.7 Å². The van der Waals surface area contributed by atoms with E-state index in [0.717, 1.165) is 28.0 Å². The number of hydrogen-bond acceptors (Lipinski definition) is 3. The van der Waals surface area contributed by atoms with Crippen LogP contribution in [0.25, 0.3) is 11.0 Å². The van der Waals surface area contributed by atoms with Crippen molar-refractivity contribution in [2.45, 2.75) is 26.4 Å². The van der Waals surface area contributed by atoms with Gasteiger partial charge >= 0.3 is 5.97 Å². The zero-order valence-electron chi connectivity index (χ0n) is 17.4. The quantitative estimate of drug-likeness (QED) is 0.485. The summed E-state index contributed by atoms with van der Waals surface area (Å²) in [6, 6.07) is 21.7. The summed E-state index contributed by atoms with van der Waals surface area (Å²) < 4.78 is 2.06. The predicted molar refractivity (Wildman–Crippen MR) is 119 cm³/mol. The molecule has 1 amide bonds. The Bertz CT molecular complexity index is 1240. The standard InChI is InChI=1S/C25H23N3O3/c1-16-7-11-19(12-8-16)24(29)26-17(2)23-27-21-5-3-4-6-22(21)28(23)15-18-9-13-20(14-10-18)25(30)31/h3-14,17H,15H2,1-2H3,(H,26,29)(H,30,31)/t17-/m1/s1. The highest BCUT2D eigenvalue weighted by atomic mass is 16.4. The summed E-state index contributed by atoms with van der Waals surface area (Å²) in [6.07, 6.45) is 0. The number of imidazole rings is 1. The molecule has 0 spiro atoms. The number of carboxylic acids is 1. The van der Waals surface area contributed by atoms with Gasteiger partial charge in [-0.1, -0.05) is 42.0 Å². The lowest BCUT2D eigenvalue weighted by Crippen LogP contribution is -2.28. The van der Waals surface area contributed by atoms with Gasteiger partial charge in [0.05, 0.1) is 22.6 Å². The molecule has 0 saturated carbocycles. The van der Waals surface area contributed by atoms with Crippen molar-refractivity contribution in [3.05, 3.63) is 101 Å². The Hall–Kier alpha value is -3.93. The highest BCUT2D eigenvalue weighted by molar-refractivity contribution is 5.94. The van der Waals surface area contributed by atoms with Gasteiger partial charge in [0.2, 0.25) is 0 Å². The van der Waals surface area contributed by atoms with Gasteiger partial charge in [-0.05, 0) is 55.8 Å². The number of nitrogens with one attached hydrogen (secondary N) is 1. The van der Waals surface area contributed by atoms with Crippen LogP contribution in [0.5, 0.6) is 0 Å². The fraction of sp³-hybridized carbons (Fsp3) is 0.160. The molecule has 0 unspecified atom stereocenters. The molecule has 3 aromatic carbocycles. The third-order valence-electron chi connectivity index (χ3n) is 5.27. The van der Waals surface area contributed by atoms with E-state index in [9.17, 15) is 9.59 Å². The van der Waals surface area contributed by atoms with Crippen LogP contribution in [0.3, 0.4) is 0 Å². The molecule has 1 atom stereocenters. The van der Waals surface area contributed by atoms with Gasteiger partial charge in [0.25, 0.3) is 5.91 Å². The van der Waals surface area contributed by atoms with E-state index in [1.807, 2.05) is 62.4 Å². The number of hydrogen-bond donors (Lipinski definition) is 2. The van der Waals surface area contributed by atoms with Gasteiger partial charge in [-0.2, -0.15) is 0 Å². The van der Waals surface area contributed by atoms with Crippen molar-refractivity contribution in [1.29, 1.82) is 0 Å². The Morgan fingerprint density at radius 3 is 2.29 bits per heavy atom. The number of nitrogens with zero attached hydrogens (tertiary/aromatic N) is 2. The number of benzene rings is 3. The number of fused-ring (bicyclic) bond motifs is 1. The smallest absolute Gasteiger partial charge is 0.335 e. The fourth-order valence-corrected chi connectivity index (χ4v) is 3.58. The minimum absolute atomic E-state index is 0.156. The average Bonchev–Trinajstić information content (AvgIpc) is 3.13. The number of carboxylic acid groups (broad SMARTS) is 1. The first-order chi connectivity index (χ1) is 14.9. The first-order valence-corrected chi connectivity index (χ1v) is 10.1. The molecule has 0 saturated heterocycles. The lowest BCUT2D eigenvalue weighted by atomic mass is 10.1. The molecule has 0 aliphatic rings. The molecule has 1 aromatic heterocycles. The number of amides is 1. The summed E-state index contributed by atoms with van der Waals surface area (Å²) in [5, 5.41) is 12.2. The lowest BCUT2D eigenvalue weighted by Gasteiger charge is -2.17. The van der Waals surface area contributed by atoms with Crippen LogP contribution in [0.15, 0.2) is 72.8 Å². The number of carbonyl (C=O) groups is 2. The molecule has 4 aromatic rings. The van der Waals surface area contributed by atoms with Crippen LogP contribution in [0.2, 0.25) is 0 Å². The largest absolute Gasteiger partial charge is 0.478 e. The molecule has 1 heterocycles. The topological polar surface area (TPSA) is 84.2 Å². The first-order valence-electron chi connectivity index (χ1n) is 10.1. The molecule has 4 rings (SSSR count). The molecule has 31 heavy (non-hydrogen) atoms. The fourth-order valence-electron chi connectivity index (χ4n) is 3.58. The van der Waals surface area contributed by atoms with Gasteiger partial charge in [0.15, 0.2) is 0 Å². The minimum atomic E-state index is -0.951. The Kier molecular flexibility index (Phi) is 5.54. The molecule has 0 aliphatic carbocycles. The van der Waals surface area contributed by atoms with Crippen molar-refractivity contribution >= 4 is 22.9 Å². The molecule has 0 radical (unpaired) electrons. The maximum atomic E-state index is 12.7. The Morgan fingerprint density at radius 2 is 1.61 bits per heavy atom. The zero-order valence-corrected chi connectivity index (χ0v) is 17.4. The summed E-state index contributed by atoms with van der Waals surface area (Å²) in [7, 11) is 0. The van der Waals surface area contributed by atoms with Gasteiger partial charge in [-0.25, -0.2) is 9.78 Å². The summed E-state index contributed by atoms with van der Waals surface area (Å²) in [5.41, 5.74) is 4.70. The number of aromatic carboxylic acids is 1. The SMILES string of the molecule is Cc1ccc(C(=O)N[C@H](C)c2nc3ccccc3n2Cc2ccc(C(=O)O)cc2)cc1. The second-order valence-electron chi connectivity index (χ2n) is 7.61. The molecular formula is C25H23N3O3. The van der Waals surface area contributed by atoms with Crippen LogP contribution in [0, 0.1) is 6.92 Å². The van der Waals surface area contributed by atoms with E-state index in [4.69, 9.17) is 10.1 Å². The number of rotatable bonds is 6. The molecule has 6 nitrogen and oxygen atoms in total. The van der Waals surface area contributed by atoms with E-state index in [0.29, 0.717) is 12.1 Å². The maximum Gasteiger partial charge on any atom is 0.335 e. The van der Waals surface area contributed by atoms with E-state index in [2.05, 4.69) is 9.88 Å². The molecule has 0 aliphatic heterocycles. The van der Waals surface area contributed by atoms with Gasteiger partial charge in [0, 0.05) is 12.1 Å². The maximum absolute atomic E-state index is 12.7. The Morgan fingerprint density at radius 1 is 0.968 bits per heavy atom. The van der Waals surface area contributed by atoms with E-state index in [-0.39, 0.29) is 17.5 Å². The van der Waals surface area contributed by atoms with Crippen molar-refractivity contribution in [2.75, 3.05) is 0 Å². The number of aryl methyl sites for hydroxylation is 1. The van der Waals surface area contributed by atoms with Gasteiger partial charge in [-0.3, -0.25) is 4.79 Å². The predicted octanol–water partition coefficient (Wildman–Crippen LogP) is 4.58. The Balaban J connectivity index is 1.64. The van der Waals surface area contributed by atoms with Crippen molar-refractivity contribution in [1.82, 2.24) is 14.9 Å². The van der Waals surface area contributed by atoms with E-state index >= 15 is 0 Å². The van der Waals surface area contributed by atoms with Crippen molar-refractivity contribution in [3.63, 3.8) is 0 Å². The van der Waals surface area contributed by atoms with E-state index < -0.39 is 5.97 Å². The zero-order chi connectivity index (χ0) is 22.0.